The number of aliphatic imine (C=N–C) groups is 1. The van der Waals surface area contributed by atoms with Crippen molar-refractivity contribution in [2.24, 2.45) is 4.99 Å². The summed E-state index contributed by atoms with van der Waals surface area (Å²) in [7, 11) is -3.15. The van der Waals surface area contributed by atoms with Gasteiger partial charge in [0, 0.05) is 37.2 Å². The van der Waals surface area contributed by atoms with Crippen molar-refractivity contribution in [1.29, 1.82) is 0 Å². The molecule has 0 fully saturated rings. The summed E-state index contributed by atoms with van der Waals surface area (Å²) in [6.45, 7) is 10.5. The number of hydrogen-bond donors (Lipinski definition) is 3. The first-order chi connectivity index (χ1) is 13.9. The molecule has 164 valence electrons. The number of nitrogens with zero attached hydrogens (tertiary/aromatic N) is 1. The Morgan fingerprint density at radius 2 is 2.03 bits per heavy atom. The molecule has 1 aliphatic heterocycles. The minimum Gasteiger partial charge on any atom is -0.494 e. The van der Waals surface area contributed by atoms with E-state index in [9.17, 15) is 8.42 Å². The molecule has 1 aromatic rings. The third-order valence-electron chi connectivity index (χ3n) is 4.48. The van der Waals surface area contributed by atoms with E-state index >= 15 is 0 Å². The zero-order valence-corrected chi connectivity index (χ0v) is 18.7. The minimum absolute atomic E-state index is 0.0932. The maximum Gasteiger partial charge on any atom is 0.211 e. The number of sulfonamides is 1. The molecule has 0 bridgehead atoms. The van der Waals surface area contributed by atoms with Gasteiger partial charge in [0.05, 0.1) is 18.9 Å². The first-order valence-electron chi connectivity index (χ1n) is 10.3. The van der Waals surface area contributed by atoms with E-state index in [0.29, 0.717) is 38.6 Å². The van der Waals surface area contributed by atoms with Crippen LogP contribution in [0.5, 0.6) is 11.5 Å². The fraction of sp³-hybridized carbons (Fsp3) is 0.650. The van der Waals surface area contributed by atoms with Gasteiger partial charge in [-0.25, -0.2) is 18.1 Å². The SMILES string of the molecule is CCNC(=NCc1cc2c(cc1OCC)CC(C)O2)NCCCNS(=O)(=O)CC. The maximum absolute atomic E-state index is 11.5. The van der Waals surface area contributed by atoms with Crippen LogP contribution in [0.15, 0.2) is 17.1 Å². The van der Waals surface area contributed by atoms with Crippen LogP contribution in [0.2, 0.25) is 0 Å². The molecule has 3 N–H and O–H groups in total. The number of hydrogen-bond acceptors (Lipinski definition) is 5. The van der Waals surface area contributed by atoms with E-state index in [1.54, 1.807) is 6.92 Å². The number of fused-ring (bicyclic) bond motifs is 1. The number of benzene rings is 1. The second-order valence-electron chi connectivity index (χ2n) is 6.91. The van der Waals surface area contributed by atoms with Crippen LogP contribution in [0.1, 0.15) is 45.2 Å². The molecular formula is C20H34N4O4S. The Balaban J connectivity index is 1.98. The summed E-state index contributed by atoms with van der Waals surface area (Å²) in [5.41, 5.74) is 2.15. The molecule has 2 rings (SSSR count). The van der Waals surface area contributed by atoms with Crippen molar-refractivity contribution in [2.45, 2.75) is 53.2 Å². The molecule has 0 saturated heterocycles. The Hall–Kier alpha value is -2.00. The lowest BCUT2D eigenvalue weighted by Crippen LogP contribution is -2.38. The molecule has 29 heavy (non-hydrogen) atoms. The average Bonchev–Trinajstić information content (AvgIpc) is 3.04. The number of guanidine groups is 1. The zero-order valence-electron chi connectivity index (χ0n) is 17.9. The Bertz CT molecular complexity index is 796. The molecule has 1 heterocycles. The summed E-state index contributed by atoms with van der Waals surface area (Å²) in [6.07, 6.45) is 1.74. The monoisotopic (exact) mass is 426 g/mol. The summed E-state index contributed by atoms with van der Waals surface area (Å²) in [6, 6.07) is 4.09. The maximum atomic E-state index is 11.5. The van der Waals surface area contributed by atoms with Gasteiger partial charge in [0.15, 0.2) is 5.96 Å². The van der Waals surface area contributed by atoms with Crippen molar-refractivity contribution in [3.05, 3.63) is 23.3 Å². The van der Waals surface area contributed by atoms with Crippen molar-refractivity contribution in [3.8, 4) is 11.5 Å². The van der Waals surface area contributed by atoms with Crippen molar-refractivity contribution in [1.82, 2.24) is 15.4 Å². The Labute approximate surface area is 174 Å². The number of nitrogens with one attached hydrogen (secondary N) is 3. The molecule has 1 aliphatic rings. The number of ether oxygens (including phenoxy) is 2. The van der Waals surface area contributed by atoms with Crippen LogP contribution in [0.25, 0.3) is 0 Å². The molecule has 0 radical (unpaired) electrons. The molecule has 0 aliphatic carbocycles. The number of rotatable bonds is 11. The highest BCUT2D eigenvalue weighted by molar-refractivity contribution is 7.89. The van der Waals surface area contributed by atoms with E-state index in [4.69, 9.17) is 9.47 Å². The third kappa shape index (κ3) is 7.40. The molecule has 0 spiro atoms. The van der Waals surface area contributed by atoms with E-state index in [1.165, 1.54) is 5.56 Å². The molecule has 1 unspecified atom stereocenters. The molecule has 0 saturated carbocycles. The Morgan fingerprint density at radius 3 is 2.72 bits per heavy atom. The highest BCUT2D eigenvalue weighted by Crippen LogP contribution is 2.35. The fourth-order valence-corrected chi connectivity index (χ4v) is 3.69. The zero-order chi connectivity index (χ0) is 21.3. The first-order valence-corrected chi connectivity index (χ1v) is 12.0. The van der Waals surface area contributed by atoms with E-state index in [1.807, 2.05) is 19.9 Å². The van der Waals surface area contributed by atoms with Crippen molar-refractivity contribution >= 4 is 16.0 Å². The summed E-state index contributed by atoms with van der Waals surface area (Å²) < 4.78 is 37.2. The van der Waals surface area contributed by atoms with Crippen LogP contribution in [0.4, 0.5) is 0 Å². The molecule has 0 aromatic heterocycles. The highest BCUT2D eigenvalue weighted by Gasteiger charge is 2.21. The first kappa shape index (κ1) is 23.3. The Kier molecular flexibility index (Phi) is 9.03. The predicted molar refractivity (Wildman–Crippen MR) is 116 cm³/mol. The molecule has 1 atom stereocenters. The van der Waals surface area contributed by atoms with Gasteiger partial charge in [0.1, 0.15) is 17.6 Å². The highest BCUT2D eigenvalue weighted by atomic mass is 32.2. The van der Waals surface area contributed by atoms with E-state index in [-0.39, 0.29) is 11.9 Å². The summed E-state index contributed by atoms with van der Waals surface area (Å²) in [5.74, 6) is 2.53. The summed E-state index contributed by atoms with van der Waals surface area (Å²) >= 11 is 0. The quantitative estimate of drug-likeness (QED) is 0.283. The van der Waals surface area contributed by atoms with Crippen LogP contribution in [-0.4, -0.2) is 52.5 Å². The normalized spacial score (nSPS) is 16.3. The Morgan fingerprint density at radius 1 is 1.24 bits per heavy atom. The lowest BCUT2D eigenvalue weighted by Gasteiger charge is -2.14. The van der Waals surface area contributed by atoms with Gasteiger partial charge in [-0.15, -0.1) is 0 Å². The molecular weight excluding hydrogens is 392 g/mol. The van der Waals surface area contributed by atoms with Crippen molar-refractivity contribution < 1.29 is 17.9 Å². The van der Waals surface area contributed by atoms with Crippen LogP contribution in [0.3, 0.4) is 0 Å². The van der Waals surface area contributed by atoms with Gasteiger partial charge in [-0.2, -0.15) is 0 Å². The van der Waals surface area contributed by atoms with Crippen molar-refractivity contribution in [2.75, 3.05) is 32.0 Å². The van der Waals surface area contributed by atoms with Gasteiger partial charge in [-0.05, 0) is 46.2 Å². The standard InChI is InChI=1S/C20H34N4O4S/c1-5-21-20(22-9-8-10-24-29(25,26)7-3)23-14-17-13-19-16(11-15(4)28-19)12-18(17)27-6-2/h12-13,15,24H,5-11,14H2,1-4H3,(H2,21,22,23). The molecule has 8 nitrogen and oxygen atoms in total. The van der Waals surface area contributed by atoms with Gasteiger partial charge in [0.2, 0.25) is 10.0 Å². The van der Waals surface area contributed by atoms with E-state index < -0.39 is 10.0 Å². The second-order valence-corrected chi connectivity index (χ2v) is 9.00. The smallest absolute Gasteiger partial charge is 0.211 e. The van der Waals surface area contributed by atoms with Crippen LogP contribution < -0.4 is 24.8 Å². The minimum atomic E-state index is -3.15. The lowest BCUT2D eigenvalue weighted by atomic mass is 10.1. The van der Waals surface area contributed by atoms with Gasteiger partial charge < -0.3 is 20.1 Å². The van der Waals surface area contributed by atoms with Crippen LogP contribution in [0, 0.1) is 0 Å². The molecule has 0 amide bonds. The van der Waals surface area contributed by atoms with Crippen LogP contribution in [-0.2, 0) is 23.0 Å². The summed E-state index contributed by atoms with van der Waals surface area (Å²) in [5, 5.41) is 6.45. The second kappa shape index (κ2) is 11.3. The van der Waals surface area contributed by atoms with E-state index in [0.717, 1.165) is 30.0 Å². The van der Waals surface area contributed by atoms with Crippen molar-refractivity contribution in [3.63, 3.8) is 0 Å². The molecule has 1 aromatic carbocycles. The van der Waals surface area contributed by atoms with Crippen LogP contribution >= 0.6 is 0 Å². The van der Waals surface area contributed by atoms with E-state index in [2.05, 4.69) is 33.3 Å². The topological polar surface area (TPSA) is 101 Å². The van der Waals surface area contributed by atoms with Gasteiger partial charge in [-0.1, -0.05) is 0 Å². The fourth-order valence-electron chi connectivity index (χ4n) is 3.03. The lowest BCUT2D eigenvalue weighted by molar-refractivity contribution is 0.254. The third-order valence-corrected chi connectivity index (χ3v) is 5.88. The van der Waals surface area contributed by atoms with Gasteiger partial charge >= 0.3 is 0 Å². The van der Waals surface area contributed by atoms with Gasteiger partial charge in [-0.3, -0.25) is 0 Å². The largest absolute Gasteiger partial charge is 0.494 e. The summed E-state index contributed by atoms with van der Waals surface area (Å²) in [4.78, 5) is 4.65. The predicted octanol–water partition coefficient (Wildman–Crippen LogP) is 1.79. The molecule has 9 heteroatoms. The van der Waals surface area contributed by atoms with Gasteiger partial charge in [0.25, 0.3) is 0 Å². The average molecular weight is 427 g/mol.